The maximum atomic E-state index is 12.5. The predicted octanol–water partition coefficient (Wildman–Crippen LogP) is 1.10. The van der Waals surface area contributed by atoms with Gasteiger partial charge in [0.25, 0.3) is 0 Å². The van der Waals surface area contributed by atoms with Crippen molar-refractivity contribution in [2.45, 2.75) is 11.3 Å². The summed E-state index contributed by atoms with van der Waals surface area (Å²) in [6.45, 7) is 1.32. The van der Waals surface area contributed by atoms with Crippen LogP contribution >= 0.6 is 11.6 Å². The summed E-state index contributed by atoms with van der Waals surface area (Å²) in [4.78, 5) is 11.5. The van der Waals surface area contributed by atoms with E-state index in [4.69, 9.17) is 17.3 Å². The monoisotopic (exact) mass is 332 g/mol. The number of halogens is 1. The number of rotatable bonds is 4. The van der Waals surface area contributed by atoms with Crippen molar-refractivity contribution in [2.24, 2.45) is 11.7 Å². The zero-order valence-electron chi connectivity index (χ0n) is 11.6. The highest BCUT2D eigenvalue weighted by Gasteiger charge is 2.32. The van der Waals surface area contributed by atoms with Crippen LogP contribution in [0.1, 0.15) is 16.8 Å². The van der Waals surface area contributed by atoms with Crippen LogP contribution in [0.3, 0.4) is 0 Å². The molecule has 1 aromatic carbocycles. The number of carbonyl (C=O) groups is 1. The van der Waals surface area contributed by atoms with Gasteiger partial charge in [-0.3, -0.25) is 0 Å². The number of hydrogen-bond acceptors (Lipinski definition) is 5. The molecule has 1 aliphatic rings. The highest BCUT2D eigenvalue weighted by Crippen LogP contribution is 2.27. The van der Waals surface area contributed by atoms with Gasteiger partial charge in [0.2, 0.25) is 10.0 Å². The van der Waals surface area contributed by atoms with Gasteiger partial charge in [0.15, 0.2) is 0 Å². The van der Waals surface area contributed by atoms with E-state index < -0.39 is 16.0 Å². The van der Waals surface area contributed by atoms with Gasteiger partial charge in [0, 0.05) is 13.1 Å². The van der Waals surface area contributed by atoms with Gasteiger partial charge in [-0.1, -0.05) is 11.6 Å². The molecule has 0 aromatic heterocycles. The Morgan fingerprint density at radius 2 is 2.24 bits per heavy atom. The molecule has 1 aliphatic heterocycles. The van der Waals surface area contributed by atoms with E-state index >= 15 is 0 Å². The summed E-state index contributed by atoms with van der Waals surface area (Å²) in [5.41, 5.74) is 5.71. The number of methoxy groups -OCH3 is 1. The summed E-state index contributed by atoms with van der Waals surface area (Å²) in [7, 11) is -2.38. The standard InChI is InChI=1S/C13H17ClN2O4S/c1-20-13(17)11-3-2-10(6-12(11)14)21(18,19)16-5-4-9(7-15)8-16/h2-3,6,9H,4-5,7-8,15H2,1H3. The summed E-state index contributed by atoms with van der Waals surface area (Å²) in [6, 6.07) is 4.00. The maximum absolute atomic E-state index is 12.5. The largest absolute Gasteiger partial charge is 0.465 e. The maximum Gasteiger partial charge on any atom is 0.339 e. The Morgan fingerprint density at radius 1 is 1.52 bits per heavy atom. The highest BCUT2D eigenvalue weighted by molar-refractivity contribution is 7.89. The van der Waals surface area contributed by atoms with Gasteiger partial charge >= 0.3 is 5.97 Å². The average Bonchev–Trinajstić information content (AvgIpc) is 2.96. The molecule has 6 nitrogen and oxygen atoms in total. The lowest BCUT2D eigenvalue weighted by atomic mass is 10.1. The first-order chi connectivity index (χ1) is 9.90. The molecule has 0 bridgehead atoms. The Balaban J connectivity index is 2.29. The van der Waals surface area contributed by atoms with E-state index in [1.165, 1.54) is 29.6 Å². The van der Waals surface area contributed by atoms with Crippen molar-refractivity contribution < 1.29 is 17.9 Å². The molecule has 0 aliphatic carbocycles. The molecule has 1 fully saturated rings. The van der Waals surface area contributed by atoms with E-state index in [0.29, 0.717) is 19.6 Å². The van der Waals surface area contributed by atoms with Crippen LogP contribution in [-0.4, -0.2) is 45.4 Å². The molecule has 21 heavy (non-hydrogen) atoms. The van der Waals surface area contributed by atoms with Gasteiger partial charge in [-0.25, -0.2) is 13.2 Å². The number of carbonyl (C=O) groups excluding carboxylic acids is 1. The topological polar surface area (TPSA) is 89.7 Å². The number of esters is 1. The van der Waals surface area contributed by atoms with Crippen LogP contribution in [0.25, 0.3) is 0 Å². The van der Waals surface area contributed by atoms with Crippen molar-refractivity contribution in [3.63, 3.8) is 0 Å². The molecule has 1 atom stereocenters. The molecular formula is C13H17ClN2O4S. The molecule has 0 saturated carbocycles. The van der Waals surface area contributed by atoms with Gasteiger partial charge < -0.3 is 10.5 Å². The second-order valence-corrected chi connectivity index (χ2v) is 7.23. The van der Waals surface area contributed by atoms with Crippen LogP contribution in [0.4, 0.5) is 0 Å². The SMILES string of the molecule is COC(=O)c1ccc(S(=O)(=O)N2CCC(CN)C2)cc1Cl. The summed E-state index contributed by atoms with van der Waals surface area (Å²) < 4.78 is 31.0. The second-order valence-electron chi connectivity index (χ2n) is 4.89. The highest BCUT2D eigenvalue weighted by atomic mass is 35.5. The van der Waals surface area contributed by atoms with Gasteiger partial charge in [0.05, 0.1) is 22.6 Å². The van der Waals surface area contributed by atoms with Crippen LogP contribution in [-0.2, 0) is 14.8 Å². The van der Waals surface area contributed by atoms with Crippen molar-refractivity contribution in [2.75, 3.05) is 26.7 Å². The molecule has 1 saturated heterocycles. The molecule has 0 amide bonds. The number of sulfonamides is 1. The third kappa shape index (κ3) is 3.21. The number of nitrogens with two attached hydrogens (primary N) is 1. The van der Waals surface area contributed by atoms with Crippen LogP contribution < -0.4 is 5.73 Å². The van der Waals surface area contributed by atoms with E-state index in [-0.39, 0.29) is 21.4 Å². The fourth-order valence-corrected chi connectivity index (χ4v) is 4.17. The molecular weight excluding hydrogens is 316 g/mol. The molecule has 1 aromatic rings. The Morgan fingerprint density at radius 3 is 2.76 bits per heavy atom. The van der Waals surface area contributed by atoms with Crippen LogP contribution in [0.15, 0.2) is 23.1 Å². The predicted molar refractivity (Wildman–Crippen MR) is 78.7 cm³/mol. The summed E-state index contributed by atoms with van der Waals surface area (Å²) in [5.74, 6) is -0.419. The van der Waals surface area contributed by atoms with Crippen LogP contribution in [0.5, 0.6) is 0 Å². The number of hydrogen-bond donors (Lipinski definition) is 1. The summed E-state index contributed by atoms with van der Waals surface area (Å²) >= 11 is 5.97. The zero-order chi connectivity index (χ0) is 15.6. The smallest absolute Gasteiger partial charge is 0.339 e. The Hall–Kier alpha value is -1.15. The van der Waals surface area contributed by atoms with Gasteiger partial charge in [0.1, 0.15) is 0 Å². The normalized spacial score (nSPS) is 19.7. The first-order valence-electron chi connectivity index (χ1n) is 6.48. The van der Waals surface area contributed by atoms with Crippen molar-refractivity contribution in [3.05, 3.63) is 28.8 Å². The molecule has 2 N–H and O–H groups in total. The van der Waals surface area contributed by atoms with E-state index in [9.17, 15) is 13.2 Å². The zero-order valence-corrected chi connectivity index (χ0v) is 13.2. The second kappa shape index (κ2) is 6.31. The molecule has 1 unspecified atom stereocenters. The minimum atomic E-state index is -3.61. The fraction of sp³-hybridized carbons (Fsp3) is 0.462. The fourth-order valence-electron chi connectivity index (χ4n) is 2.29. The molecule has 0 radical (unpaired) electrons. The minimum absolute atomic E-state index is 0.0532. The number of ether oxygens (including phenoxy) is 1. The van der Waals surface area contributed by atoms with E-state index in [1.807, 2.05) is 0 Å². The molecule has 8 heteroatoms. The Bertz CT molecular complexity index is 648. The number of benzene rings is 1. The van der Waals surface area contributed by atoms with Crippen molar-refractivity contribution in [1.29, 1.82) is 0 Å². The van der Waals surface area contributed by atoms with Crippen molar-refractivity contribution in [3.8, 4) is 0 Å². The molecule has 116 valence electrons. The van der Waals surface area contributed by atoms with Crippen LogP contribution in [0.2, 0.25) is 5.02 Å². The quantitative estimate of drug-likeness (QED) is 0.834. The first kappa shape index (κ1) is 16.2. The lowest BCUT2D eigenvalue weighted by Gasteiger charge is -2.17. The summed E-state index contributed by atoms with van der Waals surface area (Å²) in [5, 5.41) is 0.0532. The lowest BCUT2D eigenvalue weighted by molar-refractivity contribution is 0.0601. The van der Waals surface area contributed by atoms with Gasteiger partial charge in [-0.2, -0.15) is 4.31 Å². The van der Waals surface area contributed by atoms with Crippen LogP contribution in [0, 0.1) is 5.92 Å². The van der Waals surface area contributed by atoms with E-state index in [2.05, 4.69) is 4.74 Å². The third-order valence-electron chi connectivity index (χ3n) is 3.57. The van der Waals surface area contributed by atoms with E-state index in [1.54, 1.807) is 0 Å². The van der Waals surface area contributed by atoms with Gasteiger partial charge in [-0.05, 0) is 37.1 Å². The lowest BCUT2D eigenvalue weighted by Crippen LogP contribution is -2.30. The van der Waals surface area contributed by atoms with Crippen molar-refractivity contribution in [1.82, 2.24) is 4.31 Å². The Labute approximate surface area is 128 Å². The first-order valence-corrected chi connectivity index (χ1v) is 8.30. The minimum Gasteiger partial charge on any atom is -0.465 e. The number of nitrogens with zero attached hydrogens (tertiary/aromatic N) is 1. The van der Waals surface area contributed by atoms with Gasteiger partial charge in [-0.15, -0.1) is 0 Å². The molecule has 0 spiro atoms. The Kier molecular flexibility index (Phi) is 4.88. The molecule has 2 rings (SSSR count). The summed E-state index contributed by atoms with van der Waals surface area (Å²) in [6.07, 6.45) is 0.754. The van der Waals surface area contributed by atoms with Crippen molar-refractivity contribution >= 4 is 27.6 Å². The molecule has 1 heterocycles. The average molecular weight is 333 g/mol. The third-order valence-corrected chi connectivity index (χ3v) is 5.74. The van der Waals surface area contributed by atoms with E-state index in [0.717, 1.165) is 6.42 Å².